The van der Waals surface area contributed by atoms with Crippen LogP contribution in [0.4, 0.5) is 5.69 Å². The van der Waals surface area contributed by atoms with E-state index in [0.717, 1.165) is 16.3 Å². The van der Waals surface area contributed by atoms with Gasteiger partial charge in [-0.15, -0.1) is 11.3 Å². The van der Waals surface area contributed by atoms with Crippen LogP contribution in [0.1, 0.15) is 20.2 Å². The van der Waals surface area contributed by atoms with Crippen LogP contribution in [-0.4, -0.2) is 28.5 Å². The van der Waals surface area contributed by atoms with Crippen molar-refractivity contribution in [3.05, 3.63) is 45.9 Å². The van der Waals surface area contributed by atoms with E-state index in [-0.39, 0.29) is 12.5 Å². The van der Waals surface area contributed by atoms with Crippen LogP contribution in [0.2, 0.25) is 0 Å². The van der Waals surface area contributed by atoms with E-state index in [1.165, 1.54) is 11.3 Å². The van der Waals surface area contributed by atoms with E-state index in [1.807, 2.05) is 31.2 Å². The zero-order chi connectivity index (χ0) is 15.0. The molecular formula is C15H14N2O3S. The molecule has 0 bridgehead atoms. The third-order valence-corrected chi connectivity index (χ3v) is 4.48. The van der Waals surface area contributed by atoms with Gasteiger partial charge in [0, 0.05) is 12.2 Å². The number of aliphatic carboxylic acids is 1. The summed E-state index contributed by atoms with van der Waals surface area (Å²) < 4.78 is 0. The van der Waals surface area contributed by atoms with Crippen molar-refractivity contribution in [2.45, 2.75) is 13.3 Å². The molecule has 1 unspecified atom stereocenters. The van der Waals surface area contributed by atoms with Crippen molar-refractivity contribution in [1.29, 1.82) is 0 Å². The van der Waals surface area contributed by atoms with E-state index >= 15 is 0 Å². The van der Waals surface area contributed by atoms with Gasteiger partial charge in [0.05, 0.1) is 17.1 Å². The summed E-state index contributed by atoms with van der Waals surface area (Å²) in [5, 5.41) is 10.1. The molecule has 0 spiro atoms. The maximum Gasteiger partial charge on any atom is 0.308 e. The minimum Gasteiger partial charge on any atom is -0.481 e. The summed E-state index contributed by atoms with van der Waals surface area (Å²) in [5.74, 6) is -1.63. The maximum absolute atomic E-state index is 12.6. The normalized spacial score (nSPS) is 17.4. The first-order valence-electron chi connectivity index (χ1n) is 6.61. The predicted octanol–water partition coefficient (Wildman–Crippen LogP) is 2.36. The molecule has 0 aliphatic carbocycles. The van der Waals surface area contributed by atoms with Crippen LogP contribution < -0.4 is 4.90 Å². The SMILES string of the molecule is Cc1ncc(C(=O)N2CC(C(=O)O)Cc3ccccc32)s1. The Hall–Kier alpha value is -2.21. The minimum absolute atomic E-state index is 0.181. The molecule has 21 heavy (non-hydrogen) atoms. The van der Waals surface area contributed by atoms with Crippen LogP contribution in [0, 0.1) is 12.8 Å². The Kier molecular flexibility index (Phi) is 3.47. The molecule has 1 N–H and O–H groups in total. The summed E-state index contributed by atoms with van der Waals surface area (Å²) in [6.45, 7) is 2.04. The van der Waals surface area contributed by atoms with Crippen molar-refractivity contribution in [3.8, 4) is 0 Å². The van der Waals surface area contributed by atoms with Gasteiger partial charge in [0.1, 0.15) is 4.88 Å². The van der Waals surface area contributed by atoms with Gasteiger partial charge in [0.15, 0.2) is 0 Å². The first kappa shape index (κ1) is 13.8. The highest BCUT2D eigenvalue weighted by molar-refractivity contribution is 7.13. The molecule has 1 aromatic heterocycles. The highest BCUT2D eigenvalue weighted by Crippen LogP contribution is 2.31. The van der Waals surface area contributed by atoms with Crippen molar-refractivity contribution in [2.24, 2.45) is 5.92 Å². The van der Waals surface area contributed by atoms with Crippen molar-refractivity contribution < 1.29 is 14.7 Å². The Bertz CT molecular complexity index is 710. The molecule has 1 atom stereocenters. The second-order valence-corrected chi connectivity index (χ2v) is 6.26. The van der Waals surface area contributed by atoms with Crippen molar-refractivity contribution in [2.75, 3.05) is 11.4 Å². The Morgan fingerprint density at radius 2 is 2.14 bits per heavy atom. The minimum atomic E-state index is -0.872. The lowest BCUT2D eigenvalue weighted by Gasteiger charge is -2.32. The quantitative estimate of drug-likeness (QED) is 0.924. The number of aryl methyl sites for hydroxylation is 1. The number of anilines is 1. The molecular weight excluding hydrogens is 288 g/mol. The van der Waals surface area contributed by atoms with Gasteiger partial charge in [-0.1, -0.05) is 18.2 Å². The van der Waals surface area contributed by atoms with Crippen LogP contribution in [0.5, 0.6) is 0 Å². The molecule has 2 aromatic rings. The summed E-state index contributed by atoms with van der Waals surface area (Å²) in [6, 6.07) is 7.46. The Morgan fingerprint density at radius 3 is 2.81 bits per heavy atom. The zero-order valence-electron chi connectivity index (χ0n) is 11.4. The third-order valence-electron chi connectivity index (χ3n) is 3.58. The fraction of sp³-hybridized carbons (Fsp3) is 0.267. The van der Waals surface area contributed by atoms with Gasteiger partial charge in [-0.05, 0) is 25.0 Å². The van der Waals surface area contributed by atoms with Gasteiger partial charge in [-0.3, -0.25) is 9.59 Å². The van der Waals surface area contributed by atoms with E-state index < -0.39 is 11.9 Å². The Balaban J connectivity index is 2.00. The van der Waals surface area contributed by atoms with Gasteiger partial charge in [0.2, 0.25) is 0 Å². The van der Waals surface area contributed by atoms with Gasteiger partial charge in [-0.25, -0.2) is 4.98 Å². The van der Waals surface area contributed by atoms with Crippen LogP contribution in [0.3, 0.4) is 0 Å². The number of carboxylic acids is 1. The van der Waals surface area contributed by atoms with E-state index in [2.05, 4.69) is 4.98 Å². The molecule has 1 aliphatic rings. The number of carbonyl (C=O) groups excluding carboxylic acids is 1. The number of fused-ring (bicyclic) bond motifs is 1. The van der Waals surface area contributed by atoms with E-state index in [0.29, 0.717) is 11.3 Å². The molecule has 0 fully saturated rings. The molecule has 0 saturated carbocycles. The lowest BCUT2D eigenvalue weighted by molar-refractivity contribution is -0.141. The number of hydrogen-bond donors (Lipinski definition) is 1. The van der Waals surface area contributed by atoms with Gasteiger partial charge in [0.25, 0.3) is 5.91 Å². The van der Waals surface area contributed by atoms with E-state index in [4.69, 9.17) is 0 Å². The van der Waals surface area contributed by atoms with Gasteiger partial charge in [-0.2, -0.15) is 0 Å². The number of nitrogens with zero attached hydrogens (tertiary/aromatic N) is 2. The highest BCUT2D eigenvalue weighted by atomic mass is 32.1. The smallest absolute Gasteiger partial charge is 0.308 e. The molecule has 2 heterocycles. The summed E-state index contributed by atoms with van der Waals surface area (Å²) in [7, 11) is 0. The molecule has 6 heteroatoms. The fourth-order valence-electron chi connectivity index (χ4n) is 2.55. The predicted molar refractivity (Wildman–Crippen MR) is 79.8 cm³/mol. The average Bonchev–Trinajstić information content (AvgIpc) is 2.92. The first-order chi connectivity index (χ1) is 10.1. The molecule has 1 aliphatic heterocycles. The molecule has 108 valence electrons. The highest BCUT2D eigenvalue weighted by Gasteiger charge is 2.33. The maximum atomic E-state index is 12.6. The number of hydrogen-bond acceptors (Lipinski definition) is 4. The summed E-state index contributed by atoms with van der Waals surface area (Å²) in [4.78, 5) is 30.2. The Labute approximate surface area is 125 Å². The number of carboxylic acid groups (broad SMARTS) is 1. The van der Waals surface area contributed by atoms with Gasteiger partial charge >= 0.3 is 5.97 Å². The van der Waals surface area contributed by atoms with Crippen molar-refractivity contribution in [3.63, 3.8) is 0 Å². The van der Waals surface area contributed by atoms with Crippen molar-refractivity contribution >= 4 is 28.9 Å². The van der Waals surface area contributed by atoms with Crippen LogP contribution in [0.15, 0.2) is 30.5 Å². The zero-order valence-corrected chi connectivity index (χ0v) is 12.3. The summed E-state index contributed by atoms with van der Waals surface area (Å²) >= 11 is 1.32. The van der Waals surface area contributed by atoms with Crippen molar-refractivity contribution in [1.82, 2.24) is 4.98 Å². The number of para-hydroxylation sites is 1. The average molecular weight is 302 g/mol. The number of carbonyl (C=O) groups is 2. The largest absolute Gasteiger partial charge is 0.481 e. The van der Waals surface area contributed by atoms with Crippen LogP contribution in [-0.2, 0) is 11.2 Å². The first-order valence-corrected chi connectivity index (χ1v) is 7.43. The summed E-state index contributed by atoms with van der Waals surface area (Å²) in [5.41, 5.74) is 1.69. The number of aromatic nitrogens is 1. The molecule has 3 rings (SSSR count). The van der Waals surface area contributed by atoms with E-state index in [1.54, 1.807) is 11.1 Å². The second-order valence-electron chi connectivity index (χ2n) is 5.03. The fourth-order valence-corrected chi connectivity index (χ4v) is 3.27. The number of amides is 1. The van der Waals surface area contributed by atoms with Crippen LogP contribution >= 0.6 is 11.3 Å². The standard InChI is InChI=1S/C15H14N2O3S/c1-9-16-7-13(21-9)14(18)17-8-11(15(19)20)6-10-4-2-3-5-12(10)17/h2-5,7,11H,6,8H2,1H3,(H,19,20). The number of thiazole rings is 1. The second kappa shape index (κ2) is 5.29. The number of rotatable bonds is 2. The lowest BCUT2D eigenvalue weighted by Crippen LogP contribution is -2.42. The third kappa shape index (κ3) is 2.54. The summed E-state index contributed by atoms with van der Waals surface area (Å²) in [6.07, 6.45) is 2.01. The van der Waals surface area contributed by atoms with E-state index in [9.17, 15) is 14.7 Å². The molecule has 0 saturated heterocycles. The molecule has 0 radical (unpaired) electrons. The monoisotopic (exact) mass is 302 g/mol. The lowest BCUT2D eigenvalue weighted by atomic mass is 9.92. The molecule has 1 aromatic carbocycles. The topological polar surface area (TPSA) is 70.5 Å². The molecule has 5 nitrogen and oxygen atoms in total. The van der Waals surface area contributed by atoms with Crippen LogP contribution in [0.25, 0.3) is 0 Å². The van der Waals surface area contributed by atoms with Gasteiger partial charge < -0.3 is 10.0 Å². The number of benzene rings is 1. The molecule has 1 amide bonds. The Morgan fingerprint density at radius 1 is 1.38 bits per heavy atom.